The monoisotopic (exact) mass is 245 g/mol. The Labute approximate surface area is 107 Å². The molecule has 0 bridgehead atoms. The van der Waals surface area contributed by atoms with Crippen molar-refractivity contribution in [2.45, 2.75) is 32.1 Å². The zero-order valence-corrected chi connectivity index (χ0v) is 10.7. The summed E-state index contributed by atoms with van der Waals surface area (Å²) in [5.41, 5.74) is 6.93. The van der Waals surface area contributed by atoms with Crippen LogP contribution in [0.2, 0.25) is 0 Å². The number of nitrogens with two attached hydrogens (primary N) is 1. The second-order valence-corrected chi connectivity index (χ2v) is 4.35. The summed E-state index contributed by atoms with van der Waals surface area (Å²) in [6, 6.07) is 10.0. The van der Waals surface area contributed by atoms with Gasteiger partial charge in [0.25, 0.3) is 0 Å². The zero-order valence-electron chi connectivity index (χ0n) is 10.7. The molecule has 0 spiro atoms. The van der Waals surface area contributed by atoms with Crippen molar-refractivity contribution in [3.63, 3.8) is 0 Å². The fraction of sp³-hybridized carbons (Fsp3) is 0.429. The summed E-state index contributed by atoms with van der Waals surface area (Å²) in [6.07, 6.45) is 3.08. The van der Waals surface area contributed by atoms with E-state index >= 15 is 0 Å². The molecule has 4 heteroatoms. The number of nitrogens with zero attached hydrogens (tertiary/aromatic N) is 2. The van der Waals surface area contributed by atoms with Crippen LogP contribution in [0.5, 0.6) is 0 Å². The van der Waals surface area contributed by atoms with Crippen molar-refractivity contribution < 1.29 is 4.52 Å². The van der Waals surface area contributed by atoms with E-state index in [1.54, 1.807) is 0 Å². The molecule has 0 aliphatic carbocycles. The molecule has 2 rings (SSSR count). The maximum absolute atomic E-state index is 5.82. The summed E-state index contributed by atoms with van der Waals surface area (Å²) in [7, 11) is 0. The zero-order chi connectivity index (χ0) is 12.8. The van der Waals surface area contributed by atoms with Gasteiger partial charge >= 0.3 is 0 Å². The molecule has 96 valence electrons. The van der Waals surface area contributed by atoms with Gasteiger partial charge in [0, 0.05) is 13.0 Å². The Hall–Kier alpha value is -1.68. The molecule has 1 atom stereocenters. The summed E-state index contributed by atoms with van der Waals surface area (Å²) in [5.74, 6) is 1.39. The van der Waals surface area contributed by atoms with Crippen LogP contribution in [0.1, 0.15) is 43.0 Å². The fourth-order valence-electron chi connectivity index (χ4n) is 1.91. The molecule has 0 saturated heterocycles. The second kappa shape index (κ2) is 6.31. The predicted octanol–water partition coefficient (Wildman–Crippen LogP) is 2.50. The molecule has 0 amide bonds. The quantitative estimate of drug-likeness (QED) is 0.849. The fourth-order valence-corrected chi connectivity index (χ4v) is 1.91. The molecule has 1 heterocycles. The average Bonchev–Trinajstić information content (AvgIpc) is 2.87. The molecule has 4 nitrogen and oxygen atoms in total. The van der Waals surface area contributed by atoms with Crippen molar-refractivity contribution in [3.8, 4) is 0 Å². The molecule has 2 N–H and O–H groups in total. The standard InChI is InChI=1S/C14H19N3O/c1-2-3-9-13-16-14(18-17-13)12(10-15)11-7-5-4-6-8-11/h4-8,12H,2-3,9-10,15H2,1H3. The first kappa shape index (κ1) is 12.8. The second-order valence-electron chi connectivity index (χ2n) is 4.35. The van der Waals surface area contributed by atoms with Crippen LogP contribution in [0.4, 0.5) is 0 Å². The third-order valence-electron chi connectivity index (χ3n) is 2.97. The van der Waals surface area contributed by atoms with E-state index in [1.807, 2.05) is 30.3 Å². The maximum atomic E-state index is 5.82. The third-order valence-corrected chi connectivity index (χ3v) is 2.97. The van der Waals surface area contributed by atoms with Crippen molar-refractivity contribution in [2.75, 3.05) is 6.54 Å². The van der Waals surface area contributed by atoms with Crippen LogP contribution in [0.25, 0.3) is 0 Å². The molecule has 0 aliphatic rings. The first-order chi connectivity index (χ1) is 8.85. The highest BCUT2D eigenvalue weighted by atomic mass is 16.5. The Kier molecular flexibility index (Phi) is 4.47. The van der Waals surface area contributed by atoms with E-state index in [0.29, 0.717) is 12.4 Å². The SMILES string of the molecule is CCCCc1noc(C(CN)c2ccccc2)n1. The summed E-state index contributed by atoms with van der Waals surface area (Å²) < 4.78 is 5.33. The van der Waals surface area contributed by atoms with Crippen LogP contribution in [0, 0.1) is 0 Å². The van der Waals surface area contributed by atoms with Gasteiger partial charge in [0.2, 0.25) is 5.89 Å². The number of aryl methyl sites for hydroxylation is 1. The van der Waals surface area contributed by atoms with Crippen LogP contribution < -0.4 is 5.73 Å². The van der Waals surface area contributed by atoms with Crippen LogP contribution in [-0.4, -0.2) is 16.7 Å². The molecular formula is C14H19N3O. The van der Waals surface area contributed by atoms with Crippen molar-refractivity contribution in [1.82, 2.24) is 10.1 Å². The van der Waals surface area contributed by atoms with Crippen LogP contribution >= 0.6 is 0 Å². The van der Waals surface area contributed by atoms with Gasteiger partial charge in [0.05, 0.1) is 5.92 Å². The molecule has 2 aromatic rings. The van der Waals surface area contributed by atoms with Gasteiger partial charge in [-0.1, -0.05) is 48.8 Å². The first-order valence-corrected chi connectivity index (χ1v) is 6.42. The number of benzene rings is 1. The van der Waals surface area contributed by atoms with Gasteiger partial charge in [0.1, 0.15) is 0 Å². The van der Waals surface area contributed by atoms with E-state index in [0.717, 1.165) is 30.7 Å². The highest BCUT2D eigenvalue weighted by Crippen LogP contribution is 2.22. The molecule has 0 fully saturated rings. The number of rotatable bonds is 6. The summed E-state index contributed by atoms with van der Waals surface area (Å²) >= 11 is 0. The predicted molar refractivity (Wildman–Crippen MR) is 70.2 cm³/mol. The maximum Gasteiger partial charge on any atom is 0.235 e. The molecule has 0 aliphatic heterocycles. The Bertz CT molecular complexity index is 467. The van der Waals surface area contributed by atoms with Crippen LogP contribution in [0.3, 0.4) is 0 Å². The number of unbranched alkanes of at least 4 members (excludes halogenated alkanes) is 1. The van der Waals surface area contributed by atoms with Crippen molar-refractivity contribution >= 4 is 0 Å². The van der Waals surface area contributed by atoms with Gasteiger partial charge in [-0.05, 0) is 12.0 Å². The lowest BCUT2D eigenvalue weighted by Gasteiger charge is -2.09. The van der Waals surface area contributed by atoms with Crippen molar-refractivity contribution in [1.29, 1.82) is 0 Å². The highest BCUT2D eigenvalue weighted by Gasteiger charge is 2.19. The molecule has 1 aromatic carbocycles. The topological polar surface area (TPSA) is 64.9 Å². The molecule has 18 heavy (non-hydrogen) atoms. The molecule has 1 aromatic heterocycles. The number of hydrogen-bond donors (Lipinski definition) is 1. The Morgan fingerprint density at radius 2 is 2.06 bits per heavy atom. The minimum absolute atomic E-state index is 0.00548. The van der Waals surface area contributed by atoms with E-state index in [4.69, 9.17) is 10.3 Å². The number of aromatic nitrogens is 2. The highest BCUT2D eigenvalue weighted by molar-refractivity contribution is 5.24. The lowest BCUT2D eigenvalue weighted by molar-refractivity contribution is 0.361. The minimum atomic E-state index is -0.00548. The van der Waals surface area contributed by atoms with E-state index < -0.39 is 0 Å². The summed E-state index contributed by atoms with van der Waals surface area (Å²) in [4.78, 5) is 4.44. The van der Waals surface area contributed by atoms with E-state index in [9.17, 15) is 0 Å². The van der Waals surface area contributed by atoms with E-state index in [-0.39, 0.29) is 5.92 Å². The van der Waals surface area contributed by atoms with Gasteiger partial charge in [-0.25, -0.2) is 0 Å². The largest absolute Gasteiger partial charge is 0.339 e. The minimum Gasteiger partial charge on any atom is -0.339 e. The molecule has 1 unspecified atom stereocenters. The van der Waals surface area contributed by atoms with E-state index in [2.05, 4.69) is 17.1 Å². The molecular weight excluding hydrogens is 226 g/mol. The first-order valence-electron chi connectivity index (χ1n) is 6.42. The lowest BCUT2D eigenvalue weighted by atomic mass is 9.99. The third kappa shape index (κ3) is 2.96. The van der Waals surface area contributed by atoms with Gasteiger partial charge in [-0.3, -0.25) is 0 Å². The smallest absolute Gasteiger partial charge is 0.235 e. The van der Waals surface area contributed by atoms with Crippen LogP contribution in [0.15, 0.2) is 34.9 Å². The van der Waals surface area contributed by atoms with Gasteiger partial charge in [-0.15, -0.1) is 0 Å². The lowest BCUT2D eigenvalue weighted by Crippen LogP contribution is -2.14. The Balaban J connectivity index is 2.15. The van der Waals surface area contributed by atoms with Crippen molar-refractivity contribution in [2.24, 2.45) is 5.73 Å². The van der Waals surface area contributed by atoms with Crippen LogP contribution in [-0.2, 0) is 6.42 Å². The number of hydrogen-bond acceptors (Lipinski definition) is 4. The van der Waals surface area contributed by atoms with Gasteiger partial charge in [0.15, 0.2) is 5.82 Å². The Morgan fingerprint density at radius 3 is 2.72 bits per heavy atom. The summed E-state index contributed by atoms with van der Waals surface area (Å²) in [5, 5.41) is 4.01. The molecule has 0 saturated carbocycles. The Morgan fingerprint density at radius 1 is 1.28 bits per heavy atom. The average molecular weight is 245 g/mol. The summed E-state index contributed by atoms with van der Waals surface area (Å²) in [6.45, 7) is 2.62. The van der Waals surface area contributed by atoms with E-state index in [1.165, 1.54) is 0 Å². The van der Waals surface area contributed by atoms with Gasteiger partial charge in [-0.2, -0.15) is 4.98 Å². The van der Waals surface area contributed by atoms with Crippen molar-refractivity contribution in [3.05, 3.63) is 47.6 Å². The normalized spacial score (nSPS) is 12.6. The van der Waals surface area contributed by atoms with Gasteiger partial charge < -0.3 is 10.3 Å². The molecule has 0 radical (unpaired) electrons.